The summed E-state index contributed by atoms with van der Waals surface area (Å²) in [5, 5.41) is 3.34. The number of ether oxygens (including phenoxy) is 1. The van der Waals surface area contributed by atoms with Crippen LogP contribution < -0.4 is 10.1 Å². The first-order valence-electron chi connectivity index (χ1n) is 7.36. The van der Waals surface area contributed by atoms with E-state index in [9.17, 15) is 8.42 Å². The molecule has 1 N–H and O–H groups in total. The molecule has 0 saturated carbocycles. The molecule has 0 aliphatic heterocycles. The van der Waals surface area contributed by atoms with Crippen LogP contribution in [-0.2, 0) is 9.84 Å². The summed E-state index contributed by atoms with van der Waals surface area (Å²) >= 11 is 0. The third kappa shape index (κ3) is 5.32. The zero-order valence-corrected chi connectivity index (χ0v) is 14.5. The topological polar surface area (TPSA) is 55.4 Å². The number of benzene rings is 1. The van der Waals surface area contributed by atoms with Crippen LogP contribution in [0.15, 0.2) is 24.3 Å². The zero-order valence-electron chi connectivity index (χ0n) is 13.6. The number of rotatable bonds is 7. The lowest BCUT2D eigenvalue weighted by molar-refractivity contribution is 0.339. The van der Waals surface area contributed by atoms with Crippen LogP contribution in [0.3, 0.4) is 0 Å². The Bertz CT molecular complexity index is 530. The SMILES string of the molecule is CCNC(C)c1ccc(OCCS(=O)(=O)C(C)(C)C)cc1. The molecule has 1 unspecified atom stereocenters. The second kappa shape index (κ2) is 7.27. The highest BCUT2D eigenvalue weighted by Crippen LogP contribution is 2.19. The fourth-order valence-electron chi connectivity index (χ4n) is 1.85. The van der Waals surface area contributed by atoms with Crippen molar-refractivity contribution in [2.75, 3.05) is 18.9 Å². The molecule has 5 heteroatoms. The maximum atomic E-state index is 12.0. The Balaban J connectivity index is 2.54. The van der Waals surface area contributed by atoms with Crippen LogP contribution in [0.4, 0.5) is 0 Å². The summed E-state index contributed by atoms with van der Waals surface area (Å²) in [6, 6.07) is 8.06. The van der Waals surface area contributed by atoms with E-state index in [1.807, 2.05) is 24.3 Å². The van der Waals surface area contributed by atoms with Crippen molar-refractivity contribution in [1.82, 2.24) is 5.32 Å². The highest BCUT2D eigenvalue weighted by molar-refractivity contribution is 7.92. The van der Waals surface area contributed by atoms with Crippen LogP contribution in [-0.4, -0.2) is 32.1 Å². The predicted molar refractivity (Wildman–Crippen MR) is 87.6 cm³/mol. The largest absolute Gasteiger partial charge is 0.493 e. The second-order valence-electron chi connectivity index (χ2n) is 6.13. The third-order valence-corrected chi connectivity index (χ3v) is 6.01. The Kier molecular flexibility index (Phi) is 6.23. The normalized spacial score (nSPS) is 14.0. The summed E-state index contributed by atoms with van der Waals surface area (Å²) in [6.45, 7) is 10.4. The Morgan fingerprint density at radius 1 is 1.19 bits per heavy atom. The fourth-order valence-corrected chi connectivity index (χ4v) is 2.77. The van der Waals surface area contributed by atoms with E-state index in [4.69, 9.17) is 4.74 Å². The number of sulfone groups is 1. The smallest absolute Gasteiger partial charge is 0.158 e. The van der Waals surface area contributed by atoms with Crippen molar-refractivity contribution < 1.29 is 13.2 Å². The molecule has 0 bridgehead atoms. The van der Waals surface area contributed by atoms with Gasteiger partial charge >= 0.3 is 0 Å². The van der Waals surface area contributed by atoms with Crippen molar-refractivity contribution in [3.8, 4) is 5.75 Å². The minimum absolute atomic E-state index is 0.0338. The minimum atomic E-state index is -3.13. The first-order valence-corrected chi connectivity index (χ1v) is 9.01. The summed E-state index contributed by atoms with van der Waals surface area (Å²) in [5.74, 6) is 0.734. The van der Waals surface area contributed by atoms with Gasteiger partial charge in [0.25, 0.3) is 0 Å². The average molecular weight is 313 g/mol. The Labute approximate surface area is 128 Å². The van der Waals surface area contributed by atoms with Crippen LogP contribution in [0.1, 0.15) is 46.2 Å². The van der Waals surface area contributed by atoms with Gasteiger partial charge in [0.15, 0.2) is 9.84 Å². The van der Waals surface area contributed by atoms with Crippen molar-refractivity contribution in [3.05, 3.63) is 29.8 Å². The van der Waals surface area contributed by atoms with E-state index in [0.717, 1.165) is 6.54 Å². The molecule has 0 radical (unpaired) electrons. The molecule has 0 aliphatic rings. The van der Waals surface area contributed by atoms with Gasteiger partial charge in [-0.1, -0.05) is 19.1 Å². The molecule has 21 heavy (non-hydrogen) atoms. The molecule has 1 rings (SSSR count). The number of hydrogen-bond acceptors (Lipinski definition) is 4. The standard InChI is InChI=1S/C16H27NO3S/c1-6-17-13(2)14-7-9-15(10-8-14)20-11-12-21(18,19)16(3,4)5/h7-10,13,17H,6,11-12H2,1-5H3. The van der Waals surface area contributed by atoms with Crippen molar-refractivity contribution in [1.29, 1.82) is 0 Å². The molecular weight excluding hydrogens is 286 g/mol. The summed E-state index contributed by atoms with van der Waals surface area (Å²) in [4.78, 5) is 0. The fraction of sp³-hybridized carbons (Fsp3) is 0.625. The van der Waals surface area contributed by atoms with Gasteiger partial charge in [-0.05, 0) is 51.9 Å². The molecule has 0 aromatic heterocycles. The van der Waals surface area contributed by atoms with Crippen LogP contribution >= 0.6 is 0 Å². The van der Waals surface area contributed by atoms with Gasteiger partial charge in [0.05, 0.1) is 10.5 Å². The second-order valence-corrected chi connectivity index (χ2v) is 8.99. The van der Waals surface area contributed by atoms with Gasteiger partial charge in [0, 0.05) is 6.04 Å². The van der Waals surface area contributed by atoms with E-state index in [1.165, 1.54) is 5.56 Å². The van der Waals surface area contributed by atoms with E-state index in [-0.39, 0.29) is 12.4 Å². The van der Waals surface area contributed by atoms with E-state index in [1.54, 1.807) is 20.8 Å². The first-order chi connectivity index (χ1) is 9.67. The lowest BCUT2D eigenvalue weighted by Gasteiger charge is -2.19. The molecule has 4 nitrogen and oxygen atoms in total. The quantitative estimate of drug-likeness (QED) is 0.841. The van der Waals surface area contributed by atoms with Crippen molar-refractivity contribution >= 4 is 9.84 Å². The summed E-state index contributed by atoms with van der Waals surface area (Å²) in [6.07, 6.45) is 0. The van der Waals surface area contributed by atoms with E-state index in [2.05, 4.69) is 19.2 Å². The molecule has 0 amide bonds. The van der Waals surface area contributed by atoms with Crippen LogP contribution in [0.5, 0.6) is 5.75 Å². The third-order valence-electron chi connectivity index (χ3n) is 3.44. The predicted octanol–water partition coefficient (Wildman–Crippen LogP) is 2.95. The van der Waals surface area contributed by atoms with Crippen molar-refractivity contribution in [3.63, 3.8) is 0 Å². The molecular formula is C16H27NO3S. The monoisotopic (exact) mass is 313 g/mol. The molecule has 0 fully saturated rings. The van der Waals surface area contributed by atoms with Gasteiger partial charge in [-0.15, -0.1) is 0 Å². The molecule has 1 aromatic carbocycles. The molecule has 0 saturated heterocycles. The summed E-state index contributed by atoms with van der Waals surface area (Å²) in [5.41, 5.74) is 1.19. The molecule has 0 heterocycles. The van der Waals surface area contributed by atoms with Crippen LogP contribution in [0.2, 0.25) is 0 Å². The highest BCUT2D eigenvalue weighted by Gasteiger charge is 2.28. The minimum Gasteiger partial charge on any atom is -0.493 e. The molecule has 0 spiro atoms. The maximum absolute atomic E-state index is 12.0. The summed E-state index contributed by atoms with van der Waals surface area (Å²) < 4.78 is 28.7. The number of nitrogens with one attached hydrogen (secondary N) is 1. The Hall–Kier alpha value is -1.07. The Morgan fingerprint density at radius 2 is 1.76 bits per heavy atom. The van der Waals surface area contributed by atoms with E-state index in [0.29, 0.717) is 11.8 Å². The molecule has 1 atom stereocenters. The lowest BCUT2D eigenvalue weighted by atomic mass is 10.1. The zero-order chi connectivity index (χ0) is 16.1. The first kappa shape index (κ1) is 18.0. The summed E-state index contributed by atoms with van der Waals surface area (Å²) in [7, 11) is -3.13. The highest BCUT2D eigenvalue weighted by atomic mass is 32.2. The lowest BCUT2D eigenvalue weighted by Crippen LogP contribution is -2.32. The molecule has 1 aromatic rings. The van der Waals surface area contributed by atoms with Crippen molar-refractivity contribution in [2.45, 2.75) is 45.4 Å². The van der Waals surface area contributed by atoms with Crippen LogP contribution in [0, 0.1) is 0 Å². The Morgan fingerprint density at radius 3 is 2.24 bits per heavy atom. The van der Waals surface area contributed by atoms with Crippen LogP contribution in [0.25, 0.3) is 0 Å². The van der Waals surface area contributed by atoms with Gasteiger partial charge < -0.3 is 10.1 Å². The van der Waals surface area contributed by atoms with Gasteiger partial charge in [-0.2, -0.15) is 0 Å². The van der Waals surface area contributed by atoms with Crippen molar-refractivity contribution in [2.24, 2.45) is 0 Å². The van der Waals surface area contributed by atoms with Gasteiger partial charge in [-0.25, -0.2) is 8.42 Å². The van der Waals surface area contributed by atoms with Gasteiger partial charge in [0.2, 0.25) is 0 Å². The maximum Gasteiger partial charge on any atom is 0.158 e. The molecule has 120 valence electrons. The van der Waals surface area contributed by atoms with Gasteiger partial charge in [0.1, 0.15) is 12.4 Å². The van der Waals surface area contributed by atoms with Gasteiger partial charge in [-0.3, -0.25) is 0 Å². The molecule has 0 aliphatic carbocycles. The van der Waals surface area contributed by atoms with E-state index < -0.39 is 14.6 Å². The van der Waals surface area contributed by atoms with E-state index >= 15 is 0 Å². The number of hydrogen-bond donors (Lipinski definition) is 1. The average Bonchev–Trinajstić information content (AvgIpc) is 2.38.